The second-order valence-corrected chi connectivity index (χ2v) is 7.17. The molecule has 0 amide bonds. The third-order valence-corrected chi connectivity index (χ3v) is 6.00. The number of benzene rings is 1. The summed E-state index contributed by atoms with van der Waals surface area (Å²) >= 11 is 0. The standard InChI is InChI=1S/C15H21NO4S/c1-12-7-3-4-9-14(12)21(18,19)16-10-6-5-8-13(16)11-15(17)20-2/h3-4,7,9,13H,5-6,8,10-11H2,1-2H3. The van der Waals surface area contributed by atoms with Crippen molar-refractivity contribution in [1.29, 1.82) is 0 Å². The molecule has 1 atom stereocenters. The van der Waals surface area contributed by atoms with Crippen molar-refractivity contribution in [1.82, 2.24) is 4.31 Å². The third-order valence-electron chi connectivity index (χ3n) is 3.88. The van der Waals surface area contributed by atoms with Gasteiger partial charge < -0.3 is 4.74 Å². The highest BCUT2D eigenvalue weighted by Crippen LogP contribution is 2.28. The summed E-state index contributed by atoms with van der Waals surface area (Å²) in [6.45, 7) is 2.24. The van der Waals surface area contributed by atoms with E-state index in [1.165, 1.54) is 11.4 Å². The molecule has 0 bridgehead atoms. The number of esters is 1. The summed E-state index contributed by atoms with van der Waals surface area (Å²) in [6.07, 6.45) is 2.56. The molecule has 0 spiro atoms. The molecule has 0 radical (unpaired) electrons. The predicted molar refractivity (Wildman–Crippen MR) is 79.3 cm³/mol. The number of piperidine rings is 1. The number of hydrogen-bond donors (Lipinski definition) is 0. The number of carbonyl (C=O) groups is 1. The molecular formula is C15H21NO4S. The van der Waals surface area contributed by atoms with Crippen LogP contribution in [0.1, 0.15) is 31.2 Å². The molecule has 0 saturated carbocycles. The minimum absolute atomic E-state index is 0.113. The van der Waals surface area contributed by atoms with Crippen molar-refractivity contribution in [2.24, 2.45) is 0 Å². The van der Waals surface area contributed by atoms with Crippen molar-refractivity contribution in [3.8, 4) is 0 Å². The van der Waals surface area contributed by atoms with Crippen molar-refractivity contribution in [3.63, 3.8) is 0 Å². The number of carbonyl (C=O) groups excluding carboxylic acids is 1. The van der Waals surface area contributed by atoms with Gasteiger partial charge in [-0.3, -0.25) is 4.79 Å². The van der Waals surface area contributed by atoms with Crippen molar-refractivity contribution < 1.29 is 17.9 Å². The Morgan fingerprint density at radius 2 is 2.05 bits per heavy atom. The summed E-state index contributed by atoms with van der Waals surface area (Å²) in [4.78, 5) is 11.8. The number of aryl methyl sites for hydroxylation is 1. The van der Waals surface area contributed by atoms with E-state index in [9.17, 15) is 13.2 Å². The zero-order valence-electron chi connectivity index (χ0n) is 12.4. The highest BCUT2D eigenvalue weighted by atomic mass is 32.2. The Morgan fingerprint density at radius 1 is 1.33 bits per heavy atom. The number of sulfonamides is 1. The van der Waals surface area contributed by atoms with Crippen LogP contribution in [0.4, 0.5) is 0 Å². The van der Waals surface area contributed by atoms with Gasteiger partial charge in [-0.2, -0.15) is 4.31 Å². The first kappa shape index (κ1) is 16.0. The van der Waals surface area contributed by atoms with E-state index < -0.39 is 10.0 Å². The molecule has 1 aromatic rings. The van der Waals surface area contributed by atoms with Gasteiger partial charge in [0.15, 0.2) is 0 Å². The number of nitrogens with zero attached hydrogens (tertiary/aromatic N) is 1. The first-order valence-electron chi connectivity index (χ1n) is 7.11. The summed E-state index contributed by atoms with van der Waals surface area (Å²) < 4.78 is 31.9. The lowest BCUT2D eigenvalue weighted by atomic mass is 10.0. The number of methoxy groups -OCH3 is 1. The second kappa shape index (κ2) is 6.58. The Kier molecular flexibility index (Phi) is 5.00. The lowest BCUT2D eigenvalue weighted by molar-refractivity contribution is -0.141. The Labute approximate surface area is 126 Å². The fourth-order valence-electron chi connectivity index (χ4n) is 2.74. The van der Waals surface area contributed by atoms with Gasteiger partial charge in [-0.1, -0.05) is 24.6 Å². The Hall–Kier alpha value is -1.40. The van der Waals surface area contributed by atoms with Crippen LogP contribution in [-0.2, 0) is 19.6 Å². The van der Waals surface area contributed by atoms with Crippen molar-refractivity contribution in [2.75, 3.05) is 13.7 Å². The maximum atomic E-state index is 12.9. The molecule has 1 aromatic carbocycles. The second-order valence-electron chi connectivity index (χ2n) is 5.31. The summed E-state index contributed by atoms with van der Waals surface area (Å²) in [5.41, 5.74) is 0.722. The van der Waals surface area contributed by atoms with Gasteiger partial charge >= 0.3 is 5.97 Å². The Morgan fingerprint density at radius 3 is 2.71 bits per heavy atom. The summed E-state index contributed by atoms with van der Waals surface area (Å²) in [6, 6.07) is 6.63. The zero-order chi connectivity index (χ0) is 15.5. The minimum atomic E-state index is -3.57. The number of rotatable bonds is 4. The summed E-state index contributed by atoms with van der Waals surface area (Å²) in [5.74, 6) is -0.369. The van der Waals surface area contributed by atoms with Crippen LogP contribution < -0.4 is 0 Å². The SMILES string of the molecule is COC(=O)CC1CCCCN1S(=O)(=O)c1ccccc1C. The first-order valence-corrected chi connectivity index (χ1v) is 8.55. The Bertz CT molecular complexity index is 612. The zero-order valence-corrected chi connectivity index (χ0v) is 13.2. The van der Waals surface area contributed by atoms with Crippen LogP contribution in [0.25, 0.3) is 0 Å². The van der Waals surface area contributed by atoms with E-state index in [-0.39, 0.29) is 18.4 Å². The average Bonchev–Trinajstić information content (AvgIpc) is 2.47. The topological polar surface area (TPSA) is 63.7 Å². The molecule has 1 aliphatic heterocycles. The van der Waals surface area contributed by atoms with E-state index in [0.717, 1.165) is 18.4 Å². The summed E-state index contributed by atoms with van der Waals surface area (Å²) in [7, 11) is -2.25. The van der Waals surface area contributed by atoms with Crippen LogP contribution >= 0.6 is 0 Å². The third kappa shape index (κ3) is 3.44. The van der Waals surface area contributed by atoms with Crippen molar-refractivity contribution in [2.45, 2.75) is 43.5 Å². The predicted octanol–water partition coefficient (Wildman–Crippen LogP) is 2.10. The molecule has 21 heavy (non-hydrogen) atoms. The molecule has 1 heterocycles. The van der Waals surface area contributed by atoms with Crippen molar-refractivity contribution in [3.05, 3.63) is 29.8 Å². The van der Waals surface area contributed by atoms with Gasteiger partial charge in [0.05, 0.1) is 18.4 Å². The van der Waals surface area contributed by atoms with Crippen LogP contribution in [0.15, 0.2) is 29.2 Å². The van der Waals surface area contributed by atoms with E-state index in [0.29, 0.717) is 17.9 Å². The molecule has 1 saturated heterocycles. The molecule has 1 aliphatic rings. The normalized spacial score (nSPS) is 20.2. The highest BCUT2D eigenvalue weighted by Gasteiger charge is 2.35. The van der Waals surface area contributed by atoms with Gasteiger partial charge in [0.1, 0.15) is 0 Å². The fourth-order valence-corrected chi connectivity index (χ4v) is 4.66. The van der Waals surface area contributed by atoms with Gasteiger partial charge in [-0.15, -0.1) is 0 Å². The Balaban J connectivity index is 2.32. The van der Waals surface area contributed by atoms with Crippen LogP contribution in [0.2, 0.25) is 0 Å². The number of hydrogen-bond acceptors (Lipinski definition) is 4. The van der Waals surface area contributed by atoms with E-state index in [4.69, 9.17) is 0 Å². The van der Waals surface area contributed by atoms with Crippen LogP contribution in [0, 0.1) is 6.92 Å². The maximum Gasteiger partial charge on any atom is 0.307 e. The molecular weight excluding hydrogens is 290 g/mol. The van der Waals surface area contributed by atoms with Gasteiger partial charge in [-0.05, 0) is 31.4 Å². The van der Waals surface area contributed by atoms with Crippen molar-refractivity contribution >= 4 is 16.0 Å². The molecule has 0 aliphatic carbocycles. The molecule has 0 aromatic heterocycles. The quantitative estimate of drug-likeness (QED) is 0.799. The lowest BCUT2D eigenvalue weighted by Gasteiger charge is -2.34. The van der Waals surface area contributed by atoms with Gasteiger partial charge in [0, 0.05) is 12.6 Å². The molecule has 2 rings (SSSR count). The fraction of sp³-hybridized carbons (Fsp3) is 0.533. The van der Waals surface area contributed by atoms with Gasteiger partial charge in [0.2, 0.25) is 10.0 Å². The average molecular weight is 311 g/mol. The van der Waals surface area contributed by atoms with E-state index in [1.807, 2.05) is 6.07 Å². The smallest absolute Gasteiger partial charge is 0.307 e. The van der Waals surface area contributed by atoms with E-state index >= 15 is 0 Å². The number of ether oxygens (including phenoxy) is 1. The largest absolute Gasteiger partial charge is 0.469 e. The molecule has 5 nitrogen and oxygen atoms in total. The molecule has 0 N–H and O–H groups in total. The van der Waals surface area contributed by atoms with Gasteiger partial charge in [0.25, 0.3) is 0 Å². The summed E-state index contributed by atoms with van der Waals surface area (Å²) in [5, 5.41) is 0. The lowest BCUT2D eigenvalue weighted by Crippen LogP contribution is -2.44. The monoisotopic (exact) mass is 311 g/mol. The minimum Gasteiger partial charge on any atom is -0.469 e. The molecule has 6 heteroatoms. The van der Waals surface area contributed by atoms with Crippen LogP contribution in [-0.4, -0.2) is 38.4 Å². The van der Waals surface area contributed by atoms with E-state index in [2.05, 4.69) is 4.74 Å². The first-order chi connectivity index (χ1) is 9.96. The van der Waals surface area contributed by atoms with Gasteiger partial charge in [-0.25, -0.2) is 8.42 Å². The maximum absolute atomic E-state index is 12.9. The highest BCUT2D eigenvalue weighted by molar-refractivity contribution is 7.89. The molecule has 1 fully saturated rings. The molecule has 116 valence electrons. The van der Waals surface area contributed by atoms with E-state index in [1.54, 1.807) is 25.1 Å². The van der Waals surface area contributed by atoms with Crippen LogP contribution in [0.3, 0.4) is 0 Å². The van der Waals surface area contributed by atoms with Crippen LogP contribution in [0.5, 0.6) is 0 Å². The molecule has 1 unspecified atom stereocenters.